The van der Waals surface area contributed by atoms with E-state index in [0.29, 0.717) is 9.80 Å². The molecule has 168 valence electrons. The fraction of sp³-hybridized carbons (Fsp3) is 0.429. The summed E-state index contributed by atoms with van der Waals surface area (Å²) in [5.41, 5.74) is -1.43. The van der Waals surface area contributed by atoms with Crippen molar-refractivity contribution >= 4 is 23.8 Å². The average molecular weight is 439 g/mol. The van der Waals surface area contributed by atoms with Crippen molar-refractivity contribution in [3.63, 3.8) is 0 Å². The van der Waals surface area contributed by atoms with Crippen molar-refractivity contribution in [2.45, 2.75) is 39.4 Å². The predicted octanol–water partition coefficient (Wildman–Crippen LogP) is 2.76. The normalized spacial score (nSPS) is 16.0. The Balaban J connectivity index is 2.19. The second-order valence-electron chi connectivity index (χ2n) is 8.22. The van der Waals surface area contributed by atoms with Gasteiger partial charge in [-0.15, -0.1) is 6.58 Å². The summed E-state index contributed by atoms with van der Waals surface area (Å²) in [6.07, 6.45) is -3.40. The lowest BCUT2D eigenvalue weighted by Crippen LogP contribution is -2.49. The molecule has 1 atom stereocenters. The molecule has 1 aromatic carbocycles. The molecule has 1 aliphatic heterocycles. The van der Waals surface area contributed by atoms with Crippen LogP contribution in [0.3, 0.4) is 0 Å². The Morgan fingerprint density at radius 3 is 2.23 bits per heavy atom. The van der Waals surface area contributed by atoms with E-state index in [2.05, 4.69) is 11.9 Å². The van der Waals surface area contributed by atoms with Crippen molar-refractivity contribution in [1.29, 1.82) is 0 Å². The minimum absolute atomic E-state index is 0.0101. The van der Waals surface area contributed by atoms with Crippen LogP contribution in [0.4, 0.5) is 18.0 Å². The summed E-state index contributed by atoms with van der Waals surface area (Å²) in [5, 5.41) is 2.61. The summed E-state index contributed by atoms with van der Waals surface area (Å²) in [4.78, 5) is 49.9. The lowest BCUT2D eigenvalue weighted by Gasteiger charge is -2.32. The molecule has 1 fully saturated rings. The van der Waals surface area contributed by atoms with Gasteiger partial charge in [-0.2, -0.15) is 13.2 Å². The fourth-order valence-corrected chi connectivity index (χ4v) is 3.13. The largest absolute Gasteiger partial charge is 0.416 e. The number of carbonyl (C=O) groups is 4. The Hall–Kier alpha value is -3.17. The molecule has 1 heterocycles. The summed E-state index contributed by atoms with van der Waals surface area (Å²) in [7, 11) is 0. The molecule has 5 amide bonds. The molecule has 0 unspecified atom stereocenters. The highest BCUT2D eigenvalue weighted by atomic mass is 19.4. The van der Waals surface area contributed by atoms with Gasteiger partial charge in [0.25, 0.3) is 0 Å². The Bertz CT molecular complexity index is 906. The number of urea groups is 1. The summed E-state index contributed by atoms with van der Waals surface area (Å²) in [5.74, 6) is -2.97. The summed E-state index contributed by atoms with van der Waals surface area (Å²) in [6, 6.07) is 3.39. The molecule has 1 saturated heterocycles. The number of carbonyl (C=O) groups excluding carboxylic acids is 4. The molecular weight excluding hydrogens is 415 g/mol. The molecule has 0 aliphatic carbocycles. The van der Waals surface area contributed by atoms with Crippen molar-refractivity contribution in [3.05, 3.63) is 48.0 Å². The number of alkyl halides is 3. The van der Waals surface area contributed by atoms with E-state index >= 15 is 0 Å². The number of hydrogen-bond acceptors (Lipinski definition) is 4. The molecule has 10 heteroatoms. The Labute approximate surface area is 177 Å². The summed E-state index contributed by atoms with van der Waals surface area (Å²) < 4.78 is 40.0. The lowest BCUT2D eigenvalue weighted by atomic mass is 9.82. The molecule has 0 aromatic heterocycles. The van der Waals surface area contributed by atoms with Gasteiger partial charge < -0.3 is 5.32 Å². The van der Waals surface area contributed by atoms with Crippen LogP contribution >= 0.6 is 0 Å². The van der Waals surface area contributed by atoms with Crippen LogP contribution in [0.15, 0.2) is 36.9 Å². The van der Waals surface area contributed by atoms with Gasteiger partial charge in [0.15, 0.2) is 0 Å². The number of hydrogen-bond donors (Lipinski definition) is 1. The van der Waals surface area contributed by atoms with Crippen LogP contribution in [0.1, 0.15) is 31.9 Å². The van der Waals surface area contributed by atoms with Gasteiger partial charge in [0.1, 0.15) is 6.54 Å². The van der Waals surface area contributed by atoms with E-state index < -0.39 is 53.5 Å². The highest BCUT2D eigenvalue weighted by Crippen LogP contribution is 2.34. The number of halogens is 3. The molecule has 1 aromatic rings. The molecule has 0 bridgehead atoms. The first-order valence-electron chi connectivity index (χ1n) is 9.50. The van der Waals surface area contributed by atoms with E-state index in [0.717, 1.165) is 6.07 Å². The Morgan fingerprint density at radius 2 is 1.68 bits per heavy atom. The number of imide groups is 2. The van der Waals surface area contributed by atoms with Crippen LogP contribution < -0.4 is 5.32 Å². The zero-order valence-corrected chi connectivity index (χ0v) is 17.5. The maximum absolute atomic E-state index is 13.3. The average Bonchev–Trinajstić information content (AvgIpc) is 2.85. The number of rotatable bonds is 7. The molecule has 31 heavy (non-hydrogen) atoms. The standard InChI is InChI=1S/C21H24F3N3O4/c1-5-10-26-17(29)18(30)27(19(26)31)12-16(28)25-15(20(2,3)4)11-13-8-6-7-9-14(13)21(22,23)24/h5-9,15H,1,10-12H2,2-4H3,(H,25,28)/t15-/m1/s1. The van der Waals surface area contributed by atoms with Gasteiger partial charge in [-0.3, -0.25) is 19.3 Å². The minimum Gasteiger partial charge on any atom is -0.351 e. The van der Waals surface area contributed by atoms with E-state index in [4.69, 9.17) is 0 Å². The van der Waals surface area contributed by atoms with Crippen LogP contribution in [0.5, 0.6) is 0 Å². The molecular formula is C21H24F3N3O4. The topological polar surface area (TPSA) is 86.8 Å². The van der Waals surface area contributed by atoms with Crippen molar-refractivity contribution in [1.82, 2.24) is 15.1 Å². The van der Waals surface area contributed by atoms with Crippen LogP contribution in [-0.4, -0.2) is 52.7 Å². The van der Waals surface area contributed by atoms with Crippen molar-refractivity contribution in [2.75, 3.05) is 13.1 Å². The monoisotopic (exact) mass is 439 g/mol. The van der Waals surface area contributed by atoms with Gasteiger partial charge in [0.2, 0.25) is 5.91 Å². The fourth-order valence-electron chi connectivity index (χ4n) is 3.13. The van der Waals surface area contributed by atoms with Gasteiger partial charge in [-0.1, -0.05) is 45.0 Å². The van der Waals surface area contributed by atoms with E-state index in [1.807, 2.05) is 0 Å². The highest BCUT2D eigenvalue weighted by Gasteiger charge is 2.45. The first-order chi connectivity index (χ1) is 14.3. The second kappa shape index (κ2) is 8.91. The van der Waals surface area contributed by atoms with Crippen LogP contribution in [0.25, 0.3) is 0 Å². The Morgan fingerprint density at radius 1 is 1.10 bits per heavy atom. The number of amides is 5. The van der Waals surface area contributed by atoms with E-state index in [-0.39, 0.29) is 18.5 Å². The first-order valence-corrected chi connectivity index (χ1v) is 9.50. The second-order valence-corrected chi connectivity index (χ2v) is 8.22. The quantitative estimate of drug-likeness (QED) is 0.402. The van der Waals surface area contributed by atoms with Crippen LogP contribution in [-0.2, 0) is 27.0 Å². The number of nitrogens with zero attached hydrogens (tertiary/aromatic N) is 2. The maximum Gasteiger partial charge on any atom is 0.416 e. The van der Waals surface area contributed by atoms with Gasteiger partial charge in [-0.05, 0) is 23.5 Å². The molecule has 0 saturated carbocycles. The Kier molecular flexibility index (Phi) is 6.93. The van der Waals surface area contributed by atoms with Gasteiger partial charge in [0, 0.05) is 12.6 Å². The SMILES string of the molecule is C=CCN1C(=O)C(=O)N(CC(=O)N[C@H](Cc2ccccc2C(F)(F)F)C(C)(C)C)C1=O. The van der Waals surface area contributed by atoms with Gasteiger partial charge in [0.05, 0.1) is 5.56 Å². The smallest absolute Gasteiger partial charge is 0.351 e. The molecule has 0 radical (unpaired) electrons. The van der Waals surface area contributed by atoms with Gasteiger partial charge in [-0.25, -0.2) is 9.69 Å². The third-order valence-electron chi connectivity index (χ3n) is 4.88. The molecule has 0 spiro atoms. The van der Waals surface area contributed by atoms with E-state index in [1.54, 1.807) is 20.8 Å². The minimum atomic E-state index is -4.55. The molecule has 1 N–H and O–H groups in total. The number of nitrogens with one attached hydrogen (secondary N) is 1. The third-order valence-corrected chi connectivity index (χ3v) is 4.88. The number of benzene rings is 1. The zero-order chi connectivity index (χ0) is 23.6. The van der Waals surface area contributed by atoms with E-state index in [9.17, 15) is 32.3 Å². The van der Waals surface area contributed by atoms with Crippen molar-refractivity contribution in [2.24, 2.45) is 5.41 Å². The molecule has 2 rings (SSSR count). The highest BCUT2D eigenvalue weighted by molar-refractivity contribution is 6.45. The first kappa shape index (κ1) is 24.1. The molecule has 7 nitrogen and oxygen atoms in total. The summed E-state index contributed by atoms with van der Waals surface area (Å²) in [6.45, 7) is 7.74. The van der Waals surface area contributed by atoms with Crippen LogP contribution in [0, 0.1) is 5.41 Å². The maximum atomic E-state index is 13.3. The van der Waals surface area contributed by atoms with E-state index in [1.165, 1.54) is 24.3 Å². The molecule has 1 aliphatic rings. The van der Waals surface area contributed by atoms with Gasteiger partial charge >= 0.3 is 24.0 Å². The summed E-state index contributed by atoms with van der Waals surface area (Å²) >= 11 is 0. The lowest BCUT2D eigenvalue weighted by molar-refractivity contribution is -0.143. The third kappa shape index (κ3) is 5.50. The predicted molar refractivity (Wildman–Crippen MR) is 106 cm³/mol. The van der Waals surface area contributed by atoms with Crippen molar-refractivity contribution in [3.8, 4) is 0 Å². The van der Waals surface area contributed by atoms with Crippen LogP contribution in [0.2, 0.25) is 0 Å². The zero-order valence-electron chi connectivity index (χ0n) is 17.5. The van der Waals surface area contributed by atoms with Crippen molar-refractivity contribution < 1.29 is 32.3 Å².